The van der Waals surface area contributed by atoms with Crippen molar-refractivity contribution in [1.29, 1.82) is 0 Å². The molecule has 0 atom stereocenters. The quantitative estimate of drug-likeness (QED) is 0.381. The van der Waals surface area contributed by atoms with Gasteiger partial charge < -0.3 is 29.2 Å². The number of carbonyl (C=O) groups is 2. The molecule has 0 saturated heterocycles. The number of carbonyl (C=O) groups excluding carboxylic acids is 2. The molecule has 0 aliphatic carbocycles. The van der Waals surface area contributed by atoms with E-state index >= 15 is 0 Å². The third-order valence-corrected chi connectivity index (χ3v) is 5.56. The third-order valence-electron chi connectivity index (χ3n) is 5.56. The molecule has 0 radical (unpaired) electrons. The summed E-state index contributed by atoms with van der Waals surface area (Å²) in [6.07, 6.45) is 0. The summed E-state index contributed by atoms with van der Waals surface area (Å²) < 4.78 is 18.2. The third kappa shape index (κ3) is 4.85. The van der Waals surface area contributed by atoms with Crippen LogP contribution >= 0.6 is 0 Å². The average Bonchev–Trinajstić information content (AvgIpc) is 3.40. The fourth-order valence-corrected chi connectivity index (χ4v) is 3.84. The fourth-order valence-electron chi connectivity index (χ4n) is 3.84. The monoisotopic (exact) mass is 450 g/mol. The number of aliphatic hydroxyl groups excluding tert-OH is 1. The SMILES string of the molecule is Cc1cc(C(=O)COC(=O)c2ccccc2NCCO)c(C)n1Cc1ccc2c(c1)OCO2. The molecule has 1 aliphatic heterocycles. The molecule has 0 spiro atoms. The van der Waals surface area contributed by atoms with Crippen LogP contribution in [0, 0.1) is 13.8 Å². The van der Waals surface area contributed by atoms with Crippen LogP contribution in [0.1, 0.15) is 37.7 Å². The number of hydrogen-bond donors (Lipinski definition) is 2. The number of aliphatic hydroxyl groups is 1. The summed E-state index contributed by atoms with van der Waals surface area (Å²) in [5.41, 5.74) is 4.14. The summed E-state index contributed by atoms with van der Waals surface area (Å²) >= 11 is 0. The number of aryl methyl sites for hydroxylation is 1. The highest BCUT2D eigenvalue weighted by Crippen LogP contribution is 2.33. The van der Waals surface area contributed by atoms with Crippen molar-refractivity contribution in [3.8, 4) is 11.5 Å². The molecule has 2 N–H and O–H groups in total. The molecule has 0 fully saturated rings. The Morgan fingerprint density at radius 2 is 1.85 bits per heavy atom. The van der Waals surface area contributed by atoms with Gasteiger partial charge in [-0.15, -0.1) is 0 Å². The average molecular weight is 450 g/mol. The Labute approximate surface area is 191 Å². The van der Waals surface area contributed by atoms with Crippen molar-refractivity contribution in [2.75, 3.05) is 31.9 Å². The number of nitrogens with zero attached hydrogens (tertiary/aromatic N) is 1. The number of anilines is 1. The number of Topliss-reactive ketones (excluding diaryl/α,β-unsaturated/α-hetero) is 1. The minimum Gasteiger partial charge on any atom is -0.454 e. The summed E-state index contributed by atoms with van der Waals surface area (Å²) in [5, 5.41) is 12.0. The highest BCUT2D eigenvalue weighted by molar-refractivity contribution is 6.01. The minimum absolute atomic E-state index is 0.0657. The van der Waals surface area contributed by atoms with E-state index in [-0.39, 0.29) is 25.8 Å². The van der Waals surface area contributed by atoms with Crippen LogP contribution in [-0.2, 0) is 11.3 Å². The number of nitrogens with one attached hydrogen (secondary N) is 1. The van der Waals surface area contributed by atoms with E-state index in [0.717, 1.165) is 22.7 Å². The van der Waals surface area contributed by atoms with Crippen molar-refractivity contribution in [3.05, 3.63) is 76.6 Å². The Bertz CT molecular complexity index is 1180. The van der Waals surface area contributed by atoms with E-state index in [1.807, 2.05) is 42.7 Å². The first-order chi connectivity index (χ1) is 16.0. The Morgan fingerprint density at radius 3 is 2.67 bits per heavy atom. The lowest BCUT2D eigenvalue weighted by Crippen LogP contribution is -2.17. The van der Waals surface area contributed by atoms with Crippen LogP contribution in [0.3, 0.4) is 0 Å². The van der Waals surface area contributed by atoms with E-state index in [9.17, 15) is 9.59 Å². The minimum atomic E-state index is -0.599. The maximum Gasteiger partial charge on any atom is 0.340 e. The number of para-hydroxylation sites is 1. The van der Waals surface area contributed by atoms with Crippen LogP contribution in [0.25, 0.3) is 0 Å². The van der Waals surface area contributed by atoms with Gasteiger partial charge in [0, 0.05) is 35.7 Å². The van der Waals surface area contributed by atoms with Crippen LogP contribution in [0.2, 0.25) is 0 Å². The lowest BCUT2D eigenvalue weighted by Gasteiger charge is -2.11. The maximum atomic E-state index is 12.9. The summed E-state index contributed by atoms with van der Waals surface area (Å²) in [7, 11) is 0. The summed E-state index contributed by atoms with van der Waals surface area (Å²) in [5.74, 6) is 0.574. The zero-order valence-corrected chi connectivity index (χ0v) is 18.6. The highest BCUT2D eigenvalue weighted by atomic mass is 16.7. The zero-order chi connectivity index (χ0) is 23.4. The lowest BCUT2D eigenvalue weighted by molar-refractivity contribution is 0.0475. The maximum absolute atomic E-state index is 12.9. The molecule has 2 heterocycles. The second kappa shape index (κ2) is 9.79. The molecule has 0 bridgehead atoms. The Hall–Kier alpha value is -3.78. The van der Waals surface area contributed by atoms with Gasteiger partial charge in [-0.05, 0) is 49.7 Å². The van der Waals surface area contributed by atoms with E-state index in [1.54, 1.807) is 24.3 Å². The van der Waals surface area contributed by atoms with Gasteiger partial charge in [0.25, 0.3) is 0 Å². The number of ether oxygens (including phenoxy) is 3. The van der Waals surface area contributed by atoms with Crippen LogP contribution in [-0.4, -0.2) is 48.0 Å². The second-order valence-corrected chi connectivity index (χ2v) is 7.75. The number of aromatic nitrogens is 1. The molecule has 172 valence electrons. The number of ketones is 1. The van der Waals surface area contributed by atoms with Gasteiger partial charge in [0.05, 0.1) is 12.2 Å². The predicted molar refractivity (Wildman–Crippen MR) is 122 cm³/mol. The normalized spacial score (nSPS) is 12.0. The molecule has 0 unspecified atom stereocenters. The first-order valence-electron chi connectivity index (χ1n) is 10.7. The molecule has 33 heavy (non-hydrogen) atoms. The molecule has 1 aliphatic rings. The number of benzene rings is 2. The van der Waals surface area contributed by atoms with Crippen LogP contribution < -0.4 is 14.8 Å². The van der Waals surface area contributed by atoms with Crippen LogP contribution in [0.4, 0.5) is 5.69 Å². The summed E-state index contributed by atoms with van der Waals surface area (Å²) in [6, 6.07) is 14.4. The van der Waals surface area contributed by atoms with Crippen LogP contribution in [0.15, 0.2) is 48.5 Å². The number of rotatable bonds is 9. The van der Waals surface area contributed by atoms with Crippen molar-refractivity contribution >= 4 is 17.4 Å². The summed E-state index contributed by atoms with van der Waals surface area (Å²) in [4.78, 5) is 25.4. The predicted octanol–water partition coefficient (Wildman–Crippen LogP) is 3.33. The second-order valence-electron chi connectivity index (χ2n) is 7.75. The van der Waals surface area contributed by atoms with Gasteiger partial charge in [0.15, 0.2) is 18.1 Å². The van der Waals surface area contributed by atoms with Gasteiger partial charge in [-0.25, -0.2) is 4.79 Å². The number of fused-ring (bicyclic) bond motifs is 1. The van der Waals surface area contributed by atoms with Gasteiger partial charge in [-0.2, -0.15) is 0 Å². The lowest BCUT2D eigenvalue weighted by atomic mass is 10.1. The van der Waals surface area contributed by atoms with E-state index in [0.29, 0.717) is 35.7 Å². The molecule has 0 saturated carbocycles. The van der Waals surface area contributed by atoms with Crippen molar-refractivity contribution < 1.29 is 28.9 Å². The Kier molecular flexibility index (Phi) is 6.65. The Balaban J connectivity index is 1.44. The molecular formula is C25H26N2O6. The molecular weight excluding hydrogens is 424 g/mol. The van der Waals surface area contributed by atoms with Gasteiger partial charge in [0.2, 0.25) is 12.6 Å². The van der Waals surface area contributed by atoms with E-state index in [4.69, 9.17) is 19.3 Å². The molecule has 4 rings (SSSR count). The van der Waals surface area contributed by atoms with Gasteiger partial charge in [-0.1, -0.05) is 18.2 Å². The standard InChI is InChI=1S/C25H26N2O6/c1-16-11-20(17(2)27(16)13-18-7-8-23-24(12-18)33-15-32-23)22(29)14-31-25(30)19-5-3-4-6-21(19)26-9-10-28/h3-8,11-12,26,28H,9-10,13-15H2,1-2H3. The highest BCUT2D eigenvalue weighted by Gasteiger charge is 2.20. The first-order valence-corrected chi connectivity index (χ1v) is 10.7. The topological polar surface area (TPSA) is 99.0 Å². The van der Waals surface area contributed by atoms with Crippen molar-refractivity contribution in [3.63, 3.8) is 0 Å². The van der Waals surface area contributed by atoms with Gasteiger partial charge in [0.1, 0.15) is 0 Å². The Morgan fingerprint density at radius 1 is 1.06 bits per heavy atom. The van der Waals surface area contributed by atoms with E-state index < -0.39 is 5.97 Å². The first kappa shape index (κ1) is 22.4. The van der Waals surface area contributed by atoms with Crippen LogP contribution in [0.5, 0.6) is 11.5 Å². The zero-order valence-electron chi connectivity index (χ0n) is 18.6. The molecule has 0 amide bonds. The van der Waals surface area contributed by atoms with E-state index in [2.05, 4.69) is 5.32 Å². The fraction of sp³-hybridized carbons (Fsp3) is 0.280. The van der Waals surface area contributed by atoms with Crippen molar-refractivity contribution in [1.82, 2.24) is 4.57 Å². The molecule has 3 aromatic rings. The number of esters is 1. The molecule has 2 aromatic carbocycles. The molecule has 8 nitrogen and oxygen atoms in total. The van der Waals surface area contributed by atoms with Crippen molar-refractivity contribution in [2.45, 2.75) is 20.4 Å². The van der Waals surface area contributed by atoms with Gasteiger partial charge in [-0.3, -0.25) is 4.79 Å². The molecule has 8 heteroatoms. The van der Waals surface area contributed by atoms with Gasteiger partial charge >= 0.3 is 5.97 Å². The smallest absolute Gasteiger partial charge is 0.340 e. The number of hydrogen-bond acceptors (Lipinski definition) is 7. The largest absolute Gasteiger partial charge is 0.454 e. The summed E-state index contributed by atoms with van der Waals surface area (Å²) in [6.45, 7) is 4.49. The van der Waals surface area contributed by atoms with E-state index in [1.165, 1.54) is 0 Å². The van der Waals surface area contributed by atoms with Crippen molar-refractivity contribution in [2.24, 2.45) is 0 Å². The molecule has 1 aromatic heterocycles.